The smallest absolute Gasteiger partial charge is 0.260 e. The molecule has 1 N–H and O–H groups in total. The quantitative estimate of drug-likeness (QED) is 0.695. The normalized spacial score (nSPS) is 14.4. The van der Waals surface area contributed by atoms with Crippen LogP contribution in [0.3, 0.4) is 0 Å². The molecule has 0 radical (unpaired) electrons. The van der Waals surface area contributed by atoms with Gasteiger partial charge >= 0.3 is 0 Å². The van der Waals surface area contributed by atoms with E-state index in [2.05, 4.69) is 19.2 Å². The Bertz CT molecular complexity index is 854. The topological polar surface area (TPSA) is 67.9 Å². The maximum absolute atomic E-state index is 12.5. The van der Waals surface area contributed by atoms with Gasteiger partial charge in [0.05, 0.1) is 6.61 Å². The van der Waals surface area contributed by atoms with Crippen LogP contribution in [0, 0.1) is 0 Å². The summed E-state index contributed by atoms with van der Waals surface area (Å²) in [5.41, 5.74) is 1.89. The summed E-state index contributed by atoms with van der Waals surface area (Å²) < 4.78 is 11.0. The first-order valence-electron chi connectivity index (χ1n) is 11.0. The molecule has 1 saturated heterocycles. The van der Waals surface area contributed by atoms with Gasteiger partial charge in [0.1, 0.15) is 11.5 Å². The molecule has 0 atom stereocenters. The lowest BCUT2D eigenvalue weighted by Gasteiger charge is -2.32. The standard InChI is InChI=1S/C25H32N2O4/c1-4-30-22-9-11-23(12-10-22)31-17-24(28)27-15-13-21(14-16-27)26-25(29)20-7-5-19(6-8-20)18(2)3/h5-12,18,21H,4,13-17H2,1-3H3,(H,26,29). The molecule has 1 aliphatic heterocycles. The largest absolute Gasteiger partial charge is 0.494 e. The minimum absolute atomic E-state index is 0.00715. The van der Waals surface area contributed by atoms with Gasteiger partial charge in [0.15, 0.2) is 6.61 Å². The van der Waals surface area contributed by atoms with Crippen molar-refractivity contribution in [2.75, 3.05) is 26.3 Å². The first kappa shape index (κ1) is 22.7. The number of ether oxygens (including phenoxy) is 2. The van der Waals surface area contributed by atoms with Gasteiger partial charge in [-0.2, -0.15) is 0 Å². The third kappa shape index (κ3) is 6.48. The molecule has 2 aromatic rings. The molecular formula is C25H32N2O4. The van der Waals surface area contributed by atoms with Crippen LogP contribution in [0.25, 0.3) is 0 Å². The SMILES string of the molecule is CCOc1ccc(OCC(=O)N2CCC(NC(=O)c3ccc(C(C)C)cc3)CC2)cc1. The molecule has 0 unspecified atom stereocenters. The molecule has 2 aromatic carbocycles. The van der Waals surface area contributed by atoms with Crippen molar-refractivity contribution >= 4 is 11.8 Å². The van der Waals surface area contributed by atoms with Crippen LogP contribution in [0.4, 0.5) is 0 Å². The minimum atomic E-state index is -0.0566. The molecule has 0 spiro atoms. The molecule has 2 amide bonds. The molecule has 0 aliphatic carbocycles. The molecule has 1 aliphatic rings. The Morgan fingerprint density at radius 3 is 2.10 bits per heavy atom. The summed E-state index contributed by atoms with van der Waals surface area (Å²) in [7, 11) is 0. The molecule has 0 aromatic heterocycles. The Kier molecular flexibility index (Phi) is 7.93. The molecule has 3 rings (SSSR count). The Morgan fingerprint density at radius 1 is 0.968 bits per heavy atom. The highest BCUT2D eigenvalue weighted by Crippen LogP contribution is 2.19. The maximum Gasteiger partial charge on any atom is 0.260 e. The third-order valence-corrected chi connectivity index (χ3v) is 5.52. The zero-order valence-corrected chi connectivity index (χ0v) is 18.6. The fourth-order valence-corrected chi connectivity index (χ4v) is 3.60. The first-order chi connectivity index (χ1) is 15.0. The number of nitrogens with one attached hydrogen (secondary N) is 1. The molecule has 31 heavy (non-hydrogen) atoms. The first-order valence-corrected chi connectivity index (χ1v) is 11.0. The van der Waals surface area contributed by atoms with Gasteiger partial charge in [-0.15, -0.1) is 0 Å². The van der Waals surface area contributed by atoms with Crippen molar-refractivity contribution in [3.05, 3.63) is 59.7 Å². The summed E-state index contributed by atoms with van der Waals surface area (Å²) in [6.07, 6.45) is 1.48. The lowest BCUT2D eigenvalue weighted by molar-refractivity contribution is -0.134. The minimum Gasteiger partial charge on any atom is -0.494 e. The van der Waals surface area contributed by atoms with Gasteiger partial charge in [-0.1, -0.05) is 26.0 Å². The van der Waals surface area contributed by atoms with E-state index in [1.807, 2.05) is 43.3 Å². The van der Waals surface area contributed by atoms with Crippen molar-refractivity contribution in [1.29, 1.82) is 0 Å². The maximum atomic E-state index is 12.5. The number of hydrogen-bond acceptors (Lipinski definition) is 4. The summed E-state index contributed by atoms with van der Waals surface area (Å²) in [5, 5.41) is 3.10. The average Bonchev–Trinajstić information content (AvgIpc) is 2.79. The van der Waals surface area contributed by atoms with Crippen LogP contribution in [-0.4, -0.2) is 49.1 Å². The number of carbonyl (C=O) groups excluding carboxylic acids is 2. The van der Waals surface area contributed by atoms with E-state index in [1.165, 1.54) is 5.56 Å². The molecule has 166 valence electrons. The number of benzene rings is 2. The second-order valence-corrected chi connectivity index (χ2v) is 8.10. The van der Waals surface area contributed by atoms with E-state index >= 15 is 0 Å². The lowest BCUT2D eigenvalue weighted by atomic mass is 10.0. The van der Waals surface area contributed by atoms with E-state index in [-0.39, 0.29) is 24.5 Å². The Labute approximate surface area is 184 Å². The fraction of sp³-hybridized carbons (Fsp3) is 0.440. The van der Waals surface area contributed by atoms with Gasteiger partial charge < -0.3 is 19.7 Å². The molecule has 6 heteroatoms. The highest BCUT2D eigenvalue weighted by atomic mass is 16.5. The van der Waals surface area contributed by atoms with Crippen molar-refractivity contribution < 1.29 is 19.1 Å². The highest BCUT2D eigenvalue weighted by molar-refractivity contribution is 5.94. The fourth-order valence-electron chi connectivity index (χ4n) is 3.60. The van der Waals surface area contributed by atoms with Crippen LogP contribution in [-0.2, 0) is 4.79 Å². The van der Waals surface area contributed by atoms with Crippen molar-refractivity contribution in [2.24, 2.45) is 0 Å². The summed E-state index contributed by atoms with van der Waals surface area (Å²) in [6, 6.07) is 15.1. The second-order valence-electron chi connectivity index (χ2n) is 8.10. The van der Waals surface area contributed by atoms with Crippen LogP contribution in [0.15, 0.2) is 48.5 Å². The molecule has 1 heterocycles. The zero-order chi connectivity index (χ0) is 22.2. The van der Waals surface area contributed by atoms with Gasteiger partial charge in [-0.05, 0) is 67.6 Å². The Balaban J connectivity index is 1.41. The van der Waals surface area contributed by atoms with Crippen molar-refractivity contribution in [3.8, 4) is 11.5 Å². The summed E-state index contributed by atoms with van der Waals surface area (Å²) in [4.78, 5) is 26.8. The molecule has 6 nitrogen and oxygen atoms in total. The zero-order valence-electron chi connectivity index (χ0n) is 18.6. The van der Waals surface area contributed by atoms with Gasteiger partial charge in [0.25, 0.3) is 11.8 Å². The Morgan fingerprint density at radius 2 is 1.55 bits per heavy atom. The van der Waals surface area contributed by atoms with Gasteiger partial charge in [-0.25, -0.2) is 0 Å². The van der Waals surface area contributed by atoms with E-state index in [0.717, 1.165) is 18.6 Å². The van der Waals surface area contributed by atoms with Crippen molar-refractivity contribution in [1.82, 2.24) is 10.2 Å². The summed E-state index contributed by atoms with van der Waals surface area (Å²) >= 11 is 0. The monoisotopic (exact) mass is 424 g/mol. The molecule has 0 bridgehead atoms. The van der Waals surface area contributed by atoms with Crippen LogP contribution >= 0.6 is 0 Å². The third-order valence-electron chi connectivity index (χ3n) is 5.52. The predicted molar refractivity (Wildman–Crippen MR) is 121 cm³/mol. The molecule has 1 fully saturated rings. The van der Waals surface area contributed by atoms with Gasteiger partial charge in [0, 0.05) is 24.7 Å². The van der Waals surface area contributed by atoms with Crippen molar-refractivity contribution in [2.45, 2.75) is 45.6 Å². The number of piperidine rings is 1. The molecule has 0 saturated carbocycles. The van der Waals surface area contributed by atoms with Crippen LogP contribution in [0.2, 0.25) is 0 Å². The predicted octanol–water partition coefficient (Wildman–Crippen LogP) is 4.01. The van der Waals surface area contributed by atoms with Crippen LogP contribution in [0.5, 0.6) is 11.5 Å². The lowest BCUT2D eigenvalue weighted by Crippen LogP contribution is -2.47. The van der Waals surface area contributed by atoms with Gasteiger partial charge in [-0.3, -0.25) is 9.59 Å². The average molecular weight is 425 g/mol. The number of rotatable bonds is 8. The summed E-state index contributed by atoms with van der Waals surface area (Å²) in [5.74, 6) is 1.77. The van der Waals surface area contributed by atoms with Crippen LogP contribution in [0.1, 0.15) is 55.5 Å². The second kappa shape index (κ2) is 10.8. The number of hydrogen-bond donors (Lipinski definition) is 1. The number of likely N-dealkylation sites (tertiary alicyclic amines) is 1. The Hall–Kier alpha value is -3.02. The van der Waals surface area contributed by atoms with Crippen molar-refractivity contribution in [3.63, 3.8) is 0 Å². The molecular weight excluding hydrogens is 392 g/mol. The van der Waals surface area contributed by atoms with E-state index in [1.54, 1.807) is 17.0 Å². The van der Waals surface area contributed by atoms with E-state index in [4.69, 9.17) is 9.47 Å². The van der Waals surface area contributed by atoms with E-state index < -0.39 is 0 Å². The number of nitrogens with zero attached hydrogens (tertiary/aromatic N) is 1. The van der Waals surface area contributed by atoms with E-state index in [9.17, 15) is 9.59 Å². The van der Waals surface area contributed by atoms with Gasteiger partial charge in [0.2, 0.25) is 0 Å². The number of carbonyl (C=O) groups is 2. The number of amides is 2. The summed E-state index contributed by atoms with van der Waals surface area (Å²) in [6.45, 7) is 8.04. The highest BCUT2D eigenvalue weighted by Gasteiger charge is 2.24. The van der Waals surface area contributed by atoms with Crippen LogP contribution < -0.4 is 14.8 Å². The van der Waals surface area contributed by atoms with E-state index in [0.29, 0.717) is 36.9 Å².